The summed E-state index contributed by atoms with van der Waals surface area (Å²) in [6, 6.07) is 5.53. The largest absolute Gasteiger partial charge is 0.573 e. The van der Waals surface area contributed by atoms with Crippen LogP contribution in [0.1, 0.15) is 24.8 Å². The van der Waals surface area contributed by atoms with Crippen molar-refractivity contribution in [3.05, 3.63) is 29.8 Å². The van der Waals surface area contributed by atoms with Crippen molar-refractivity contribution in [3.63, 3.8) is 0 Å². The minimum Gasteiger partial charge on any atom is -0.406 e. The minimum atomic E-state index is -4.75. The number of piperazine rings is 1. The van der Waals surface area contributed by atoms with Crippen LogP contribution in [0.25, 0.3) is 0 Å². The van der Waals surface area contributed by atoms with Crippen LogP contribution in [0.3, 0.4) is 0 Å². The maximum Gasteiger partial charge on any atom is 0.573 e. The highest BCUT2D eigenvalue weighted by atomic mass is 19.4. The number of ether oxygens (including phenoxy) is 1. The third-order valence-electron chi connectivity index (χ3n) is 7.41. The molecule has 0 aliphatic carbocycles. The topological polar surface area (TPSA) is 68.4 Å². The number of hydrogen-bond donors (Lipinski definition) is 1. The number of nitrogens with one attached hydrogen (secondary N) is 1. The quantitative estimate of drug-likeness (QED) is 0.643. The molecule has 0 aromatic heterocycles. The van der Waals surface area contributed by atoms with E-state index in [4.69, 9.17) is 0 Å². The molecular weight excluding hydrogens is 463 g/mol. The molecule has 0 spiro atoms. The monoisotopic (exact) mass is 497 g/mol. The van der Waals surface area contributed by atoms with Crippen molar-refractivity contribution in [2.45, 2.75) is 50.3 Å². The molecule has 1 N–H and O–H groups in total. The van der Waals surface area contributed by atoms with Crippen molar-refractivity contribution in [1.29, 1.82) is 0 Å². The standard InChI is InChI=1S/C24H34F3N5O3/c1-29-10-12-31(13-11-29)21(33)7-6-18-15-28-23(34)22-20(30(18)2)8-9-32(22)16-17-4-3-5-19(14-17)35-24(25,26)27/h3-5,14,18,20,22H,6-13,15-16H2,1-2H3,(H,28,34)/t18-,20-,22-/m1/s1. The number of hydrogen-bond acceptors (Lipinski definition) is 6. The highest BCUT2D eigenvalue weighted by Gasteiger charge is 2.45. The number of halogens is 3. The van der Waals surface area contributed by atoms with Gasteiger partial charge in [-0.15, -0.1) is 13.2 Å². The van der Waals surface area contributed by atoms with Crippen molar-refractivity contribution < 1.29 is 27.5 Å². The van der Waals surface area contributed by atoms with Gasteiger partial charge in [0.1, 0.15) is 11.8 Å². The molecule has 194 valence electrons. The van der Waals surface area contributed by atoms with E-state index in [0.717, 1.165) is 32.6 Å². The van der Waals surface area contributed by atoms with Crippen molar-refractivity contribution in [2.24, 2.45) is 0 Å². The molecule has 1 aromatic carbocycles. The number of likely N-dealkylation sites (tertiary alicyclic amines) is 1. The lowest BCUT2D eigenvalue weighted by atomic mass is 10.0. The highest BCUT2D eigenvalue weighted by Crippen LogP contribution is 2.30. The van der Waals surface area contributed by atoms with E-state index in [2.05, 4.69) is 26.9 Å². The van der Waals surface area contributed by atoms with Gasteiger partial charge < -0.3 is 19.9 Å². The summed E-state index contributed by atoms with van der Waals surface area (Å²) in [6.07, 6.45) is -2.86. The maximum atomic E-state index is 13.0. The van der Waals surface area contributed by atoms with Crippen LogP contribution in [0.15, 0.2) is 24.3 Å². The van der Waals surface area contributed by atoms with Gasteiger partial charge in [-0.3, -0.25) is 19.4 Å². The predicted molar refractivity (Wildman–Crippen MR) is 124 cm³/mol. The highest BCUT2D eigenvalue weighted by molar-refractivity contribution is 5.83. The van der Waals surface area contributed by atoms with Crippen LogP contribution in [0.4, 0.5) is 13.2 Å². The average Bonchev–Trinajstić information content (AvgIpc) is 3.16. The molecule has 3 saturated heterocycles. The predicted octanol–water partition coefficient (Wildman–Crippen LogP) is 1.51. The second-order valence-corrected chi connectivity index (χ2v) is 9.75. The van der Waals surface area contributed by atoms with Crippen LogP contribution in [0.2, 0.25) is 0 Å². The molecule has 0 saturated carbocycles. The lowest BCUT2D eigenvalue weighted by Gasteiger charge is -2.35. The van der Waals surface area contributed by atoms with Crippen LogP contribution >= 0.6 is 0 Å². The molecule has 0 radical (unpaired) electrons. The lowest BCUT2D eigenvalue weighted by Crippen LogP contribution is -2.50. The molecule has 11 heteroatoms. The maximum absolute atomic E-state index is 13.0. The zero-order valence-electron chi connectivity index (χ0n) is 20.3. The van der Waals surface area contributed by atoms with E-state index in [1.165, 1.54) is 18.2 Å². The molecule has 8 nitrogen and oxygen atoms in total. The van der Waals surface area contributed by atoms with Gasteiger partial charge in [0.15, 0.2) is 0 Å². The molecule has 4 rings (SSSR count). The second-order valence-electron chi connectivity index (χ2n) is 9.75. The third-order valence-corrected chi connectivity index (χ3v) is 7.41. The Hall–Kier alpha value is -2.37. The first kappa shape index (κ1) is 25.7. The summed E-state index contributed by atoms with van der Waals surface area (Å²) >= 11 is 0. The number of rotatable bonds is 6. The first-order chi connectivity index (χ1) is 16.6. The van der Waals surface area contributed by atoms with E-state index >= 15 is 0 Å². The first-order valence-electron chi connectivity index (χ1n) is 12.2. The van der Waals surface area contributed by atoms with Gasteiger partial charge in [0.05, 0.1) is 0 Å². The molecule has 2 amide bonds. The van der Waals surface area contributed by atoms with Crippen LogP contribution < -0.4 is 10.1 Å². The SMILES string of the molecule is CN1CCN(C(=O)CC[C@@H]2CNC(=O)[C@H]3[C@@H](CCN3Cc3cccc(OC(F)(F)F)c3)N2C)CC1. The number of fused-ring (bicyclic) bond motifs is 1. The van der Waals surface area contributed by atoms with Gasteiger partial charge in [-0.05, 0) is 44.6 Å². The summed E-state index contributed by atoms with van der Waals surface area (Å²) in [5.74, 6) is -0.180. The average molecular weight is 498 g/mol. The molecule has 0 unspecified atom stereocenters. The normalized spacial score (nSPS) is 26.8. The van der Waals surface area contributed by atoms with E-state index in [-0.39, 0.29) is 29.6 Å². The van der Waals surface area contributed by atoms with Crippen molar-refractivity contribution in [3.8, 4) is 5.75 Å². The Morgan fingerprint density at radius 1 is 1.14 bits per heavy atom. The van der Waals surface area contributed by atoms with Crippen molar-refractivity contribution in [2.75, 3.05) is 53.4 Å². The molecule has 3 fully saturated rings. The minimum absolute atomic E-state index is 0.0177. The second kappa shape index (κ2) is 10.7. The van der Waals surface area contributed by atoms with E-state index in [9.17, 15) is 22.8 Å². The Balaban J connectivity index is 1.36. The fraction of sp³-hybridized carbons (Fsp3) is 0.667. The molecule has 1 aromatic rings. The van der Waals surface area contributed by atoms with Gasteiger partial charge in [0, 0.05) is 64.3 Å². The molecule has 3 atom stereocenters. The molecular formula is C24H34F3N5O3. The van der Waals surface area contributed by atoms with Crippen LogP contribution in [0.5, 0.6) is 5.75 Å². The van der Waals surface area contributed by atoms with Gasteiger partial charge in [0.25, 0.3) is 0 Å². The van der Waals surface area contributed by atoms with Gasteiger partial charge in [-0.1, -0.05) is 12.1 Å². The van der Waals surface area contributed by atoms with Gasteiger partial charge in [-0.2, -0.15) is 0 Å². The Kier molecular flexibility index (Phi) is 7.87. The van der Waals surface area contributed by atoms with E-state index in [0.29, 0.717) is 38.0 Å². The fourth-order valence-corrected chi connectivity index (χ4v) is 5.41. The summed E-state index contributed by atoms with van der Waals surface area (Å²) in [7, 11) is 4.06. The van der Waals surface area contributed by atoms with Crippen LogP contribution in [-0.2, 0) is 16.1 Å². The Morgan fingerprint density at radius 3 is 2.60 bits per heavy atom. The fourth-order valence-electron chi connectivity index (χ4n) is 5.41. The van der Waals surface area contributed by atoms with Crippen LogP contribution in [0, 0.1) is 0 Å². The molecule has 3 heterocycles. The Labute approximate surface area is 204 Å². The third kappa shape index (κ3) is 6.45. The number of carbonyl (C=O) groups is 2. The van der Waals surface area contributed by atoms with E-state index < -0.39 is 12.4 Å². The lowest BCUT2D eigenvalue weighted by molar-refractivity contribution is -0.274. The summed E-state index contributed by atoms with van der Waals surface area (Å²) < 4.78 is 41.8. The van der Waals surface area contributed by atoms with Crippen molar-refractivity contribution in [1.82, 2.24) is 24.9 Å². The number of carbonyl (C=O) groups excluding carboxylic acids is 2. The first-order valence-corrected chi connectivity index (χ1v) is 12.2. The zero-order valence-corrected chi connectivity index (χ0v) is 20.3. The number of amides is 2. The summed E-state index contributed by atoms with van der Waals surface area (Å²) in [4.78, 5) is 34.1. The molecule has 0 bridgehead atoms. The van der Waals surface area contributed by atoms with Crippen molar-refractivity contribution >= 4 is 11.8 Å². The number of benzene rings is 1. The van der Waals surface area contributed by atoms with E-state index in [1.54, 1.807) is 6.07 Å². The van der Waals surface area contributed by atoms with Crippen LogP contribution in [-0.4, -0.2) is 109 Å². The molecule has 3 aliphatic rings. The van der Waals surface area contributed by atoms with E-state index in [1.807, 2.05) is 16.8 Å². The van der Waals surface area contributed by atoms with Gasteiger partial charge in [0.2, 0.25) is 11.8 Å². The van der Waals surface area contributed by atoms with Gasteiger partial charge >= 0.3 is 6.36 Å². The smallest absolute Gasteiger partial charge is 0.406 e. The number of alkyl halides is 3. The Morgan fingerprint density at radius 2 is 1.89 bits per heavy atom. The molecule has 35 heavy (non-hydrogen) atoms. The summed E-state index contributed by atoms with van der Waals surface area (Å²) in [5, 5.41) is 3.04. The molecule has 3 aliphatic heterocycles. The summed E-state index contributed by atoms with van der Waals surface area (Å²) in [5.41, 5.74) is 0.654. The summed E-state index contributed by atoms with van der Waals surface area (Å²) in [6.45, 7) is 4.75. The Bertz CT molecular complexity index is 907. The number of nitrogens with zero attached hydrogens (tertiary/aromatic N) is 4. The zero-order chi connectivity index (χ0) is 25.2. The number of likely N-dealkylation sites (N-methyl/N-ethyl adjacent to an activating group) is 2. The van der Waals surface area contributed by atoms with Gasteiger partial charge in [-0.25, -0.2) is 0 Å².